The topological polar surface area (TPSA) is 51.6 Å². The van der Waals surface area contributed by atoms with Crippen molar-refractivity contribution in [2.45, 2.75) is 55.4 Å². The van der Waals surface area contributed by atoms with Crippen molar-refractivity contribution in [2.75, 3.05) is 0 Å². The molecule has 4 heterocycles. The van der Waals surface area contributed by atoms with Crippen molar-refractivity contribution < 1.29 is 0 Å². The van der Waals surface area contributed by atoms with E-state index in [0.29, 0.717) is 0 Å². The first kappa shape index (κ1) is 36.3. The fourth-order valence-corrected chi connectivity index (χ4v) is 13.5. The van der Waals surface area contributed by atoms with Gasteiger partial charge in [-0.2, -0.15) is 0 Å². The highest BCUT2D eigenvalue weighted by molar-refractivity contribution is 7.85. The zero-order chi connectivity index (χ0) is 38.8. The molecule has 274 valence electrons. The standard InChI is InChI=1S/C50H44N4P2/c1-29-13-17-41-37(21-29)25-33(5)47(51-41)55(48-34(6)26-38-22-30(2)14-18-42(38)52-48)45-11-9-10-12-46(45)56(49-35(7)27-39-23-31(3)15-19-43(39)53-49)50-36(8)28-40-24-32(4)16-20-44(40)54-50/h9-28H,1-8H3. The van der Waals surface area contributed by atoms with E-state index >= 15 is 0 Å². The Labute approximate surface area is 331 Å². The maximum Gasteiger partial charge on any atom is 0.0774 e. The molecule has 0 aliphatic rings. The monoisotopic (exact) mass is 762 g/mol. The van der Waals surface area contributed by atoms with Gasteiger partial charge in [-0.3, -0.25) is 0 Å². The Morgan fingerprint density at radius 2 is 0.554 bits per heavy atom. The number of benzene rings is 5. The van der Waals surface area contributed by atoms with Crippen LogP contribution in [0.15, 0.2) is 121 Å². The van der Waals surface area contributed by atoms with Gasteiger partial charge in [0, 0.05) is 37.4 Å². The van der Waals surface area contributed by atoms with Crippen LogP contribution in [0.25, 0.3) is 43.6 Å². The molecule has 56 heavy (non-hydrogen) atoms. The lowest BCUT2D eigenvalue weighted by Gasteiger charge is -2.28. The van der Waals surface area contributed by atoms with Crippen LogP contribution in [0.4, 0.5) is 0 Å². The van der Waals surface area contributed by atoms with E-state index in [9.17, 15) is 0 Å². The van der Waals surface area contributed by atoms with Gasteiger partial charge < -0.3 is 0 Å². The van der Waals surface area contributed by atoms with E-state index in [2.05, 4.69) is 177 Å². The molecule has 4 aromatic heterocycles. The number of aryl methyl sites for hydroxylation is 8. The second-order valence-corrected chi connectivity index (χ2v) is 19.5. The van der Waals surface area contributed by atoms with Crippen LogP contribution in [0, 0.1) is 55.4 Å². The van der Waals surface area contributed by atoms with Gasteiger partial charge in [0.1, 0.15) is 0 Å². The molecule has 5 aromatic carbocycles. The van der Waals surface area contributed by atoms with Crippen LogP contribution >= 0.6 is 15.8 Å². The molecule has 0 saturated carbocycles. The van der Waals surface area contributed by atoms with Gasteiger partial charge >= 0.3 is 0 Å². The molecule has 0 atom stereocenters. The normalized spacial score (nSPS) is 11.9. The number of fused-ring (bicyclic) bond motifs is 4. The van der Waals surface area contributed by atoms with Crippen LogP contribution in [0.5, 0.6) is 0 Å². The molecule has 0 aliphatic heterocycles. The van der Waals surface area contributed by atoms with Gasteiger partial charge in [0.25, 0.3) is 0 Å². The van der Waals surface area contributed by atoms with Gasteiger partial charge in [0.2, 0.25) is 0 Å². The summed E-state index contributed by atoms with van der Waals surface area (Å²) in [7, 11) is -2.48. The molecule has 0 aliphatic carbocycles. The molecular formula is C50H44N4P2. The number of aromatic nitrogens is 4. The van der Waals surface area contributed by atoms with Gasteiger partial charge in [-0.15, -0.1) is 0 Å². The smallest absolute Gasteiger partial charge is 0.0774 e. The third-order valence-corrected chi connectivity index (χ3v) is 16.2. The second-order valence-electron chi connectivity index (χ2n) is 15.5. The van der Waals surface area contributed by atoms with E-state index in [4.69, 9.17) is 19.9 Å². The minimum absolute atomic E-state index is 1.00. The third-order valence-electron chi connectivity index (χ3n) is 10.7. The van der Waals surface area contributed by atoms with Gasteiger partial charge in [-0.1, -0.05) is 70.8 Å². The zero-order valence-corrected chi connectivity index (χ0v) is 35.0. The molecule has 0 unspecified atom stereocenters. The Balaban J connectivity index is 1.37. The van der Waals surface area contributed by atoms with Crippen molar-refractivity contribution >= 4 is 91.8 Å². The Morgan fingerprint density at radius 3 is 0.804 bits per heavy atom. The lowest BCUT2D eigenvalue weighted by atomic mass is 10.1. The number of hydrogen-bond donors (Lipinski definition) is 0. The molecule has 9 rings (SSSR count). The molecular weight excluding hydrogens is 719 g/mol. The highest BCUT2D eigenvalue weighted by Crippen LogP contribution is 2.41. The fraction of sp³-hybridized carbons (Fsp3) is 0.160. The average Bonchev–Trinajstić information content (AvgIpc) is 3.16. The molecule has 0 N–H and O–H groups in total. The minimum Gasteiger partial charge on any atom is -0.247 e. The van der Waals surface area contributed by atoms with Crippen molar-refractivity contribution in [1.82, 2.24) is 19.9 Å². The quantitative estimate of drug-likeness (QED) is 0.158. The summed E-state index contributed by atoms with van der Waals surface area (Å²) in [5.74, 6) is 0. The Hall–Kier alpha value is -5.40. The van der Waals surface area contributed by atoms with Crippen molar-refractivity contribution in [3.63, 3.8) is 0 Å². The van der Waals surface area contributed by atoms with Crippen molar-refractivity contribution in [1.29, 1.82) is 0 Å². The summed E-state index contributed by atoms with van der Waals surface area (Å²) in [4.78, 5) is 22.2. The van der Waals surface area contributed by atoms with Crippen LogP contribution < -0.4 is 32.3 Å². The van der Waals surface area contributed by atoms with Gasteiger partial charge in [-0.25, -0.2) is 19.9 Å². The Kier molecular flexibility index (Phi) is 9.24. The maximum absolute atomic E-state index is 5.55. The van der Waals surface area contributed by atoms with Gasteiger partial charge in [0.05, 0.1) is 43.8 Å². The Morgan fingerprint density at radius 1 is 0.304 bits per heavy atom. The van der Waals surface area contributed by atoms with Crippen LogP contribution in [-0.2, 0) is 0 Å². The van der Waals surface area contributed by atoms with Crippen molar-refractivity contribution in [2.24, 2.45) is 0 Å². The molecule has 0 fully saturated rings. The SMILES string of the molecule is Cc1ccc2nc(P(c3ccccc3P(c3nc4ccc(C)cc4cc3C)c3nc4ccc(C)cc4cc3C)c3nc4ccc(C)cc4cc3C)c(C)cc2c1. The Bertz CT molecular complexity index is 2660. The number of nitrogens with zero attached hydrogens (tertiary/aromatic N) is 4. The summed E-state index contributed by atoms with van der Waals surface area (Å²) in [6.45, 7) is 17.5. The summed E-state index contributed by atoms with van der Waals surface area (Å²) >= 11 is 0. The predicted octanol–water partition coefficient (Wildman–Crippen LogP) is 9.86. The van der Waals surface area contributed by atoms with Gasteiger partial charge in [-0.05, 0) is 161 Å². The lowest BCUT2D eigenvalue weighted by molar-refractivity contribution is 1.36. The van der Waals surface area contributed by atoms with Crippen LogP contribution in [-0.4, -0.2) is 19.9 Å². The van der Waals surface area contributed by atoms with E-state index in [1.54, 1.807) is 0 Å². The third kappa shape index (κ3) is 6.56. The first-order chi connectivity index (χ1) is 27.0. The highest BCUT2D eigenvalue weighted by Gasteiger charge is 2.32. The predicted molar refractivity (Wildman–Crippen MR) is 243 cm³/mol. The van der Waals surface area contributed by atoms with E-state index in [1.165, 1.54) is 55.1 Å². The molecule has 0 amide bonds. The summed E-state index contributed by atoms with van der Waals surface area (Å²) in [5.41, 5.74) is 17.9. The number of rotatable bonds is 6. The molecule has 4 nitrogen and oxygen atoms in total. The fourth-order valence-electron chi connectivity index (χ4n) is 7.97. The van der Waals surface area contributed by atoms with Crippen LogP contribution in [0.2, 0.25) is 0 Å². The molecule has 0 bridgehead atoms. The highest BCUT2D eigenvalue weighted by atomic mass is 31.1. The van der Waals surface area contributed by atoms with Crippen LogP contribution in [0.1, 0.15) is 44.5 Å². The summed E-state index contributed by atoms with van der Waals surface area (Å²) in [6, 6.07) is 44.6. The number of pyridine rings is 4. The summed E-state index contributed by atoms with van der Waals surface area (Å²) < 4.78 is 0. The second kappa shape index (κ2) is 14.3. The summed E-state index contributed by atoms with van der Waals surface area (Å²) in [5, 5.41) is 7.13. The first-order valence-electron chi connectivity index (χ1n) is 19.2. The van der Waals surface area contributed by atoms with E-state index < -0.39 is 15.8 Å². The van der Waals surface area contributed by atoms with E-state index in [-0.39, 0.29) is 0 Å². The molecule has 0 radical (unpaired) electrons. The van der Waals surface area contributed by atoms with E-state index in [1.807, 2.05) is 0 Å². The first-order valence-corrected chi connectivity index (χ1v) is 21.9. The van der Waals surface area contributed by atoms with Crippen molar-refractivity contribution in [3.8, 4) is 0 Å². The van der Waals surface area contributed by atoms with E-state index in [0.717, 1.165) is 65.4 Å². The van der Waals surface area contributed by atoms with Crippen LogP contribution in [0.3, 0.4) is 0 Å². The average molecular weight is 763 g/mol. The van der Waals surface area contributed by atoms with Crippen molar-refractivity contribution in [3.05, 3.63) is 166 Å². The molecule has 9 aromatic rings. The molecule has 0 saturated heterocycles. The number of hydrogen-bond acceptors (Lipinski definition) is 4. The molecule has 0 spiro atoms. The van der Waals surface area contributed by atoms with Gasteiger partial charge in [0.15, 0.2) is 0 Å². The molecule has 6 heteroatoms. The minimum atomic E-state index is -1.24. The largest absolute Gasteiger partial charge is 0.247 e. The zero-order valence-electron chi connectivity index (χ0n) is 33.2. The summed E-state index contributed by atoms with van der Waals surface area (Å²) in [6.07, 6.45) is 0. The lowest BCUT2D eigenvalue weighted by Crippen LogP contribution is -2.39. The maximum atomic E-state index is 5.55.